The van der Waals surface area contributed by atoms with Crippen molar-refractivity contribution in [1.82, 2.24) is 15.4 Å². The van der Waals surface area contributed by atoms with Crippen LogP contribution in [-0.2, 0) is 12.0 Å². The molecule has 0 unspecified atom stereocenters. The molecule has 2 fully saturated rings. The molecule has 156 valence electrons. The van der Waals surface area contributed by atoms with Gasteiger partial charge in [0.2, 0.25) is 0 Å². The Balaban J connectivity index is 1.38. The van der Waals surface area contributed by atoms with Gasteiger partial charge in [-0.3, -0.25) is 9.69 Å². The van der Waals surface area contributed by atoms with Crippen LogP contribution >= 0.6 is 0 Å². The van der Waals surface area contributed by atoms with Gasteiger partial charge in [0.25, 0.3) is 5.91 Å². The van der Waals surface area contributed by atoms with Crippen LogP contribution in [0.3, 0.4) is 0 Å². The van der Waals surface area contributed by atoms with Crippen LogP contribution in [0.4, 0.5) is 0 Å². The molecule has 6 nitrogen and oxygen atoms in total. The summed E-state index contributed by atoms with van der Waals surface area (Å²) in [5, 5.41) is 16.9. The number of hydrogen-bond donors (Lipinski definition) is 2. The van der Waals surface area contributed by atoms with Crippen LogP contribution in [-0.4, -0.2) is 46.8 Å². The number of aliphatic hydroxyl groups excluding tert-OH is 1. The molecule has 0 radical (unpaired) electrons. The third kappa shape index (κ3) is 4.87. The molecule has 1 aromatic heterocycles. The van der Waals surface area contributed by atoms with E-state index in [1.165, 1.54) is 24.8 Å². The van der Waals surface area contributed by atoms with Gasteiger partial charge in [0, 0.05) is 24.6 Å². The normalized spacial score (nSPS) is 22.3. The number of piperidine rings is 1. The Labute approximate surface area is 172 Å². The fraction of sp³-hybridized carbons (Fsp3) is 0.565. The molecule has 0 bridgehead atoms. The van der Waals surface area contributed by atoms with Gasteiger partial charge in [-0.05, 0) is 37.8 Å². The number of aromatic nitrogens is 1. The van der Waals surface area contributed by atoms with E-state index >= 15 is 0 Å². The molecular weight excluding hydrogens is 366 g/mol. The third-order valence-corrected chi connectivity index (χ3v) is 6.44. The fourth-order valence-electron chi connectivity index (χ4n) is 4.82. The average molecular weight is 398 g/mol. The van der Waals surface area contributed by atoms with E-state index in [-0.39, 0.29) is 17.4 Å². The van der Waals surface area contributed by atoms with E-state index in [1.54, 1.807) is 6.07 Å². The van der Waals surface area contributed by atoms with Crippen molar-refractivity contribution < 1.29 is 14.4 Å². The predicted octanol–water partition coefficient (Wildman–Crippen LogP) is 3.26. The molecule has 29 heavy (non-hydrogen) atoms. The monoisotopic (exact) mass is 397 g/mol. The molecule has 1 saturated heterocycles. The number of carbonyl (C=O) groups is 1. The molecule has 1 aliphatic carbocycles. The molecule has 2 aromatic rings. The van der Waals surface area contributed by atoms with E-state index in [0.717, 1.165) is 32.2 Å². The van der Waals surface area contributed by atoms with Gasteiger partial charge in [0.1, 0.15) is 0 Å². The molecule has 1 saturated carbocycles. The molecule has 1 atom stereocenters. The number of nitrogens with one attached hydrogen (secondary N) is 1. The SMILES string of the molecule is O=C(NCC1(c2ccccc2)CCCCC1)c1cc(CN2CCC[C@H](O)C2)on1. The van der Waals surface area contributed by atoms with Crippen molar-refractivity contribution in [2.45, 2.75) is 63.0 Å². The minimum atomic E-state index is -0.279. The summed E-state index contributed by atoms with van der Waals surface area (Å²) in [6.07, 6.45) is 7.39. The van der Waals surface area contributed by atoms with Gasteiger partial charge in [-0.2, -0.15) is 0 Å². The number of benzene rings is 1. The van der Waals surface area contributed by atoms with Gasteiger partial charge < -0.3 is 14.9 Å². The van der Waals surface area contributed by atoms with Crippen molar-refractivity contribution in [1.29, 1.82) is 0 Å². The summed E-state index contributed by atoms with van der Waals surface area (Å²) in [6.45, 7) is 2.77. The number of amides is 1. The van der Waals surface area contributed by atoms with E-state index in [0.29, 0.717) is 31.1 Å². The van der Waals surface area contributed by atoms with E-state index in [4.69, 9.17) is 4.52 Å². The maximum atomic E-state index is 12.7. The van der Waals surface area contributed by atoms with Crippen molar-refractivity contribution in [3.8, 4) is 0 Å². The fourth-order valence-corrected chi connectivity index (χ4v) is 4.82. The first-order chi connectivity index (χ1) is 14.1. The molecule has 1 aliphatic heterocycles. The number of β-amino-alcohol motifs (C(OH)–C–C–N with tert-alkyl or cyclic N) is 1. The van der Waals surface area contributed by atoms with Gasteiger partial charge in [0.05, 0.1) is 12.6 Å². The van der Waals surface area contributed by atoms with Gasteiger partial charge in [0.15, 0.2) is 11.5 Å². The Hall–Kier alpha value is -2.18. The molecule has 2 aliphatic rings. The average Bonchev–Trinajstić information content (AvgIpc) is 3.22. The highest BCUT2D eigenvalue weighted by molar-refractivity contribution is 5.92. The van der Waals surface area contributed by atoms with Crippen molar-refractivity contribution in [3.63, 3.8) is 0 Å². The van der Waals surface area contributed by atoms with Crippen LogP contribution in [0.2, 0.25) is 0 Å². The number of carbonyl (C=O) groups excluding carboxylic acids is 1. The van der Waals surface area contributed by atoms with Crippen molar-refractivity contribution in [2.24, 2.45) is 0 Å². The van der Waals surface area contributed by atoms with E-state index in [9.17, 15) is 9.90 Å². The van der Waals surface area contributed by atoms with Crippen LogP contribution in [0.1, 0.15) is 66.8 Å². The topological polar surface area (TPSA) is 78.6 Å². The smallest absolute Gasteiger partial charge is 0.273 e. The second-order valence-electron chi connectivity index (χ2n) is 8.60. The Kier molecular flexibility index (Phi) is 6.31. The minimum absolute atomic E-state index is 0.00563. The van der Waals surface area contributed by atoms with Crippen LogP contribution in [0.15, 0.2) is 40.9 Å². The lowest BCUT2D eigenvalue weighted by molar-refractivity contribution is 0.0622. The van der Waals surface area contributed by atoms with Crippen molar-refractivity contribution in [2.75, 3.05) is 19.6 Å². The van der Waals surface area contributed by atoms with Crippen LogP contribution in [0.5, 0.6) is 0 Å². The third-order valence-electron chi connectivity index (χ3n) is 6.44. The van der Waals surface area contributed by atoms with Gasteiger partial charge >= 0.3 is 0 Å². The maximum absolute atomic E-state index is 12.7. The van der Waals surface area contributed by atoms with E-state index in [1.807, 2.05) is 6.07 Å². The molecule has 1 amide bonds. The van der Waals surface area contributed by atoms with Crippen molar-refractivity contribution in [3.05, 3.63) is 53.4 Å². The van der Waals surface area contributed by atoms with E-state index < -0.39 is 0 Å². The van der Waals surface area contributed by atoms with Crippen LogP contribution < -0.4 is 5.32 Å². The maximum Gasteiger partial charge on any atom is 0.273 e. The van der Waals surface area contributed by atoms with Crippen LogP contribution in [0, 0.1) is 0 Å². The Morgan fingerprint density at radius 3 is 2.76 bits per heavy atom. The first-order valence-electron chi connectivity index (χ1n) is 10.8. The molecule has 6 heteroatoms. The highest BCUT2D eigenvalue weighted by atomic mass is 16.5. The molecule has 2 N–H and O–H groups in total. The largest absolute Gasteiger partial charge is 0.392 e. The Morgan fingerprint density at radius 2 is 2.00 bits per heavy atom. The summed E-state index contributed by atoms with van der Waals surface area (Å²) in [7, 11) is 0. The summed E-state index contributed by atoms with van der Waals surface area (Å²) < 4.78 is 5.39. The summed E-state index contributed by atoms with van der Waals surface area (Å²) in [5.41, 5.74) is 1.65. The standard InChI is InChI=1S/C23H31N3O3/c27-19-10-7-13-26(15-19)16-20-14-21(25-29-20)22(28)24-17-23(11-5-2-6-12-23)18-8-3-1-4-9-18/h1,3-4,8-9,14,19,27H,2,5-7,10-13,15-17H2,(H,24,28)/t19-/m0/s1. The summed E-state index contributed by atoms with van der Waals surface area (Å²) >= 11 is 0. The zero-order chi connectivity index (χ0) is 20.1. The zero-order valence-electron chi connectivity index (χ0n) is 17.0. The number of nitrogens with zero attached hydrogens (tertiary/aromatic N) is 2. The summed E-state index contributed by atoms with van der Waals surface area (Å²) in [6, 6.07) is 12.3. The molecule has 2 heterocycles. The molecule has 4 rings (SSSR count). The van der Waals surface area contributed by atoms with Gasteiger partial charge in [-0.25, -0.2) is 0 Å². The Bertz CT molecular complexity index is 799. The first kappa shape index (κ1) is 20.1. The van der Waals surface area contributed by atoms with Gasteiger partial charge in [-0.1, -0.05) is 54.8 Å². The summed E-state index contributed by atoms with van der Waals surface area (Å²) in [5.74, 6) is 0.485. The number of rotatable bonds is 6. The lowest BCUT2D eigenvalue weighted by Gasteiger charge is -2.38. The lowest BCUT2D eigenvalue weighted by atomic mass is 9.69. The predicted molar refractivity (Wildman–Crippen MR) is 111 cm³/mol. The minimum Gasteiger partial charge on any atom is -0.392 e. The summed E-state index contributed by atoms with van der Waals surface area (Å²) in [4.78, 5) is 14.9. The number of aliphatic hydroxyl groups is 1. The van der Waals surface area contributed by atoms with Crippen molar-refractivity contribution >= 4 is 5.91 Å². The number of hydrogen-bond acceptors (Lipinski definition) is 5. The second kappa shape index (κ2) is 9.09. The van der Waals surface area contributed by atoms with E-state index in [2.05, 4.69) is 39.6 Å². The first-order valence-corrected chi connectivity index (χ1v) is 10.8. The molecular formula is C23H31N3O3. The number of likely N-dealkylation sites (tertiary alicyclic amines) is 1. The van der Waals surface area contributed by atoms with Gasteiger partial charge in [-0.15, -0.1) is 0 Å². The highest BCUT2D eigenvalue weighted by Crippen LogP contribution is 2.38. The zero-order valence-corrected chi connectivity index (χ0v) is 17.0. The highest BCUT2D eigenvalue weighted by Gasteiger charge is 2.34. The second-order valence-corrected chi connectivity index (χ2v) is 8.60. The quantitative estimate of drug-likeness (QED) is 0.782. The molecule has 1 aromatic carbocycles. The molecule has 0 spiro atoms. The lowest BCUT2D eigenvalue weighted by Crippen LogP contribution is -2.42. The Morgan fingerprint density at radius 1 is 1.21 bits per heavy atom. The van der Waals surface area contributed by atoms with Crippen LogP contribution in [0.25, 0.3) is 0 Å².